The molecule has 4 atom stereocenters. The highest BCUT2D eigenvalue weighted by Crippen LogP contribution is 2.29. The van der Waals surface area contributed by atoms with Crippen molar-refractivity contribution in [1.82, 2.24) is 5.32 Å². The lowest BCUT2D eigenvalue weighted by atomic mass is 9.94. The van der Waals surface area contributed by atoms with Crippen LogP contribution in [-0.2, 0) is 16.1 Å². The molecule has 1 aliphatic carbocycles. The highest BCUT2D eigenvalue weighted by atomic mass is 16.5. The Balaban J connectivity index is 1.98. The molecular weight excluding hydrogens is 334 g/mol. The smallest absolute Gasteiger partial charge is 0.249 e. The average molecular weight is 365 g/mol. The van der Waals surface area contributed by atoms with E-state index in [1.165, 1.54) is 0 Å². The summed E-state index contributed by atoms with van der Waals surface area (Å²) in [5.74, 6) is -0.800. The van der Waals surface area contributed by atoms with Crippen LogP contribution < -0.4 is 5.32 Å². The van der Waals surface area contributed by atoms with E-state index in [1.54, 1.807) is 0 Å². The third-order valence-electron chi connectivity index (χ3n) is 4.85. The van der Waals surface area contributed by atoms with Gasteiger partial charge in [-0.15, -0.1) is 0 Å². The van der Waals surface area contributed by atoms with Crippen molar-refractivity contribution in [3.63, 3.8) is 0 Å². The van der Waals surface area contributed by atoms with Gasteiger partial charge in [-0.3, -0.25) is 4.79 Å². The zero-order chi connectivity index (χ0) is 19.1. The highest BCUT2D eigenvalue weighted by Gasteiger charge is 2.40. The third kappa shape index (κ3) is 6.06. The average Bonchev–Trinajstić information content (AvgIpc) is 2.93. The number of hydrogen-bond donors (Lipinski definition) is 4. The molecule has 1 aromatic carbocycles. The van der Waals surface area contributed by atoms with Crippen molar-refractivity contribution in [1.29, 1.82) is 0 Å². The molecule has 0 radical (unpaired) electrons. The lowest BCUT2D eigenvalue weighted by Crippen LogP contribution is -2.52. The summed E-state index contributed by atoms with van der Waals surface area (Å²) in [6.45, 7) is 4.40. The molecule has 1 fully saturated rings. The summed E-state index contributed by atoms with van der Waals surface area (Å²) in [7, 11) is 0. The van der Waals surface area contributed by atoms with Crippen LogP contribution in [-0.4, -0.2) is 52.2 Å². The summed E-state index contributed by atoms with van der Waals surface area (Å²) < 4.78 is 5.73. The molecule has 6 heteroatoms. The zero-order valence-corrected chi connectivity index (χ0v) is 15.5. The van der Waals surface area contributed by atoms with E-state index in [4.69, 9.17) is 4.74 Å². The van der Waals surface area contributed by atoms with E-state index in [1.807, 2.05) is 44.2 Å². The topological polar surface area (TPSA) is 99.0 Å². The summed E-state index contributed by atoms with van der Waals surface area (Å²) in [6.07, 6.45) is -1.16. The Hall–Kier alpha value is -1.47. The van der Waals surface area contributed by atoms with Crippen molar-refractivity contribution in [2.24, 2.45) is 11.8 Å². The number of benzene rings is 1. The zero-order valence-electron chi connectivity index (χ0n) is 15.5. The minimum Gasteiger partial charge on any atom is -0.393 e. The first-order valence-electron chi connectivity index (χ1n) is 9.34. The van der Waals surface area contributed by atoms with Crippen LogP contribution in [0.4, 0.5) is 0 Å². The van der Waals surface area contributed by atoms with Gasteiger partial charge < -0.3 is 25.4 Å². The Morgan fingerprint density at radius 1 is 1.19 bits per heavy atom. The van der Waals surface area contributed by atoms with Crippen LogP contribution in [0.25, 0.3) is 0 Å². The summed E-state index contributed by atoms with van der Waals surface area (Å²) in [5, 5.41) is 33.2. The van der Waals surface area contributed by atoms with Crippen LogP contribution in [0.2, 0.25) is 0 Å². The second-order valence-electron chi connectivity index (χ2n) is 7.55. The van der Waals surface area contributed by atoms with Gasteiger partial charge in [0, 0.05) is 5.92 Å². The summed E-state index contributed by atoms with van der Waals surface area (Å²) in [4.78, 5) is 12.3. The maximum atomic E-state index is 12.3. The summed E-state index contributed by atoms with van der Waals surface area (Å²) in [6, 6.07) is 9.10. The Kier molecular flexibility index (Phi) is 8.03. The van der Waals surface area contributed by atoms with Crippen molar-refractivity contribution in [2.45, 2.75) is 64.1 Å². The Morgan fingerprint density at radius 3 is 2.38 bits per heavy atom. The monoisotopic (exact) mass is 365 g/mol. The molecule has 26 heavy (non-hydrogen) atoms. The fourth-order valence-electron chi connectivity index (χ4n) is 3.48. The number of aliphatic hydroxyl groups is 3. The molecule has 0 saturated heterocycles. The van der Waals surface area contributed by atoms with Crippen LogP contribution in [0.5, 0.6) is 0 Å². The predicted octanol–water partition coefficient (Wildman–Crippen LogP) is 1.23. The molecule has 1 aromatic rings. The van der Waals surface area contributed by atoms with Gasteiger partial charge in [0.15, 0.2) is 0 Å². The molecule has 1 saturated carbocycles. The van der Waals surface area contributed by atoms with Crippen molar-refractivity contribution in [3.8, 4) is 0 Å². The van der Waals surface area contributed by atoms with E-state index in [2.05, 4.69) is 5.32 Å². The number of nitrogens with one attached hydrogen (secondary N) is 1. The minimum atomic E-state index is -1.11. The van der Waals surface area contributed by atoms with E-state index < -0.39 is 36.2 Å². The highest BCUT2D eigenvalue weighted by molar-refractivity contribution is 5.80. The molecule has 4 N–H and O–H groups in total. The first-order chi connectivity index (χ1) is 12.4. The number of ether oxygens (including phenoxy) is 1. The van der Waals surface area contributed by atoms with Crippen molar-refractivity contribution in [2.75, 3.05) is 6.61 Å². The van der Waals surface area contributed by atoms with Crippen molar-refractivity contribution in [3.05, 3.63) is 35.9 Å². The van der Waals surface area contributed by atoms with Gasteiger partial charge in [0.1, 0.15) is 6.10 Å². The second kappa shape index (κ2) is 10.0. The first kappa shape index (κ1) is 20.8. The van der Waals surface area contributed by atoms with Gasteiger partial charge in [-0.25, -0.2) is 0 Å². The second-order valence-corrected chi connectivity index (χ2v) is 7.55. The molecule has 0 aromatic heterocycles. The Bertz CT molecular complexity index is 540. The van der Waals surface area contributed by atoms with Crippen LogP contribution in [0.15, 0.2) is 30.3 Å². The molecule has 146 valence electrons. The van der Waals surface area contributed by atoms with Gasteiger partial charge in [-0.2, -0.15) is 0 Å². The molecule has 2 rings (SSSR count). The van der Waals surface area contributed by atoms with E-state index in [-0.39, 0.29) is 12.5 Å². The molecule has 6 nitrogen and oxygen atoms in total. The molecule has 1 aliphatic rings. The number of amides is 1. The van der Waals surface area contributed by atoms with E-state index in [0.29, 0.717) is 25.9 Å². The SMILES string of the molecule is CC(C)CC(O)C(=O)N[C@H](COCc1ccccc1)C1[C@@H](O)CC[C@@H]1O. The number of carbonyl (C=O) groups excluding carboxylic acids is 1. The van der Waals surface area contributed by atoms with Gasteiger partial charge in [0.2, 0.25) is 5.91 Å². The van der Waals surface area contributed by atoms with Gasteiger partial charge in [0.25, 0.3) is 0 Å². The van der Waals surface area contributed by atoms with Crippen LogP contribution in [0, 0.1) is 11.8 Å². The number of rotatable bonds is 9. The van der Waals surface area contributed by atoms with E-state index in [9.17, 15) is 20.1 Å². The van der Waals surface area contributed by atoms with Crippen molar-refractivity contribution < 1.29 is 24.9 Å². The number of hydrogen-bond acceptors (Lipinski definition) is 5. The molecule has 1 amide bonds. The molecule has 1 unspecified atom stereocenters. The van der Waals surface area contributed by atoms with E-state index in [0.717, 1.165) is 5.56 Å². The van der Waals surface area contributed by atoms with Gasteiger partial charge in [-0.1, -0.05) is 44.2 Å². The van der Waals surface area contributed by atoms with Crippen LogP contribution in [0.3, 0.4) is 0 Å². The van der Waals surface area contributed by atoms with Crippen molar-refractivity contribution >= 4 is 5.91 Å². The molecular formula is C20H31NO5. The Morgan fingerprint density at radius 2 is 1.81 bits per heavy atom. The normalized spacial score (nSPS) is 23.2. The lowest BCUT2D eigenvalue weighted by Gasteiger charge is -2.30. The molecule has 0 bridgehead atoms. The van der Waals surface area contributed by atoms with Crippen LogP contribution >= 0.6 is 0 Å². The predicted molar refractivity (Wildman–Crippen MR) is 98.2 cm³/mol. The standard InChI is InChI=1S/C20H31NO5/c1-13(2)10-18(24)20(25)21-15(19-16(22)8-9-17(19)23)12-26-11-14-6-4-3-5-7-14/h3-7,13,15-19,22-24H,8-12H2,1-2H3,(H,21,25)/t15-,16+,17+,18?/m1/s1. The largest absolute Gasteiger partial charge is 0.393 e. The quantitative estimate of drug-likeness (QED) is 0.527. The summed E-state index contributed by atoms with van der Waals surface area (Å²) >= 11 is 0. The number of aliphatic hydroxyl groups excluding tert-OH is 3. The van der Waals surface area contributed by atoms with Gasteiger partial charge in [-0.05, 0) is 30.7 Å². The summed E-state index contributed by atoms with van der Waals surface area (Å²) in [5.41, 5.74) is 1.00. The third-order valence-corrected chi connectivity index (χ3v) is 4.85. The lowest BCUT2D eigenvalue weighted by molar-refractivity contribution is -0.132. The molecule has 0 heterocycles. The van der Waals surface area contributed by atoms with Gasteiger partial charge in [0.05, 0.1) is 31.5 Å². The molecule has 0 aliphatic heterocycles. The van der Waals surface area contributed by atoms with Gasteiger partial charge >= 0.3 is 0 Å². The number of carbonyl (C=O) groups is 1. The molecule has 0 spiro atoms. The Labute approximate surface area is 155 Å². The minimum absolute atomic E-state index is 0.161. The fraction of sp³-hybridized carbons (Fsp3) is 0.650. The maximum absolute atomic E-state index is 12.3. The fourth-order valence-corrected chi connectivity index (χ4v) is 3.48. The maximum Gasteiger partial charge on any atom is 0.249 e. The first-order valence-corrected chi connectivity index (χ1v) is 9.34. The van der Waals surface area contributed by atoms with E-state index >= 15 is 0 Å². The van der Waals surface area contributed by atoms with Crippen LogP contribution in [0.1, 0.15) is 38.7 Å².